The Morgan fingerprint density at radius 2 is 2.29 bits per heavy atom. The Morgan fingerprint density at radius 1 is 1.53 bits per heavy atom. The van der Waals surface area contributed by atoms with Crippen molar-refractivity contribution < 1.29 is 9.90 Å². The fourth-order valence-electron chi connectivity index (χ4n) is 2.48. The van der Waals surface area contributed by atoms with Crippen LogP contribution in [0.1, 0.15) is 35.7 Å². The van der Waals surface area contributed by atoms with E-state index in [9.17, 15) is 9.90 Å². The average Bonchev–Trinajstić information content (AvgIpc) is 2.77. The molecule has 3 heteroatoms. The molecule has 0 radical (unpaired) electrons. The lowest BCUT2D eigenvalue weighted by molar-refractivity contribution is 0.0697. The second-order valence-corrected chi connectivity index (χ2v) is 4.83. The van der Waals surface area contributed by atoms with Gasteiger partial charge in [-0.1, -0.05) is 25.0 Å². The summed E-state index contributed by atoms with van der Waals surface area (Å²) in [7, 11) is 0. The summed E-state index contributed by atoms with van der Waals surface area (Å²) in [5.74, 6) is -0.124. The molecule has 1 aromatic rings. The van der Waals surface area contributed by atoms with E-state index in [1.54, 1.807) is 6.07 Å². The highest BCUT2D eigenvalue weighted by molar-refractivity contribution is 5.94. The molecule has 1 aliphatic rings. The lowest BCUT2D eigenvalue weighted by Crippen LogP contribution is -2.22. The van der Waals surface area contributed by atoms with Crippen molar-refractivity contribution in [2.24, 2.45) is 5.92 Å². The van der Waals surface area contributed by atoms with Gasteiger partial charge in [-0.2, -0.15) is 0 Å². The highest BCUT2D eigenvalue weighted by Gasteiger charge is 2.24. The molecule has 1 heterocycles. The molecule has 1 fully saturated rings. The van der Waals surface area contributed by atoms with Crippen molar-refractivity contribution >= 4 is 11.7 Å². The second kappa shape index (κ2) is 4.78. The molecule has 0 aliphatic carbocycles. The number of carbonyl (C=O) groups is 1. The molecule has 0 saturated carbocycles. The molecule has 1 N–H and O–H groups in total. The predicted octanol–water partition coefficient (Wildman–Crippen LogP) is 2.93. The maximum Gasteiger partial charge on any atom is 0.337 e. The minimum Gasteiger partial charge on any atom is -0.478 e. The Balaban J connectivity index is 2.29. The smallest absolute Gasteiger partial charge is 0.337 e. The molecule has 1 atom stereocenters. The van der Waals surface area contributed by atoms with Crippen molar-refractivity contribution in [2.75, 3.05) is 18.0 Å². The van der Waals surface area contributed by atoms with Gasteiger partial charge in [-0.15, -0.1) is 0 Å². The van der Waals surface area contributed by atoms with Gasteiger partial charge < -0.3 is 10.0 Å². The molecular weight excluding hydrogens is 214 g/mol. The first kappa shape index (κ1) is 12.0. The third-order valence-electron chi connectivity index (χ3n) is 3.59. The number of benzene rings is 1. The van der Waals surface area contributed by atoms with E-state index in [0.717, 1.165) is 24.3 Å². The fraction of sp³-hybridized carbons (Fsp3) is 0.500. The molecule has 0 amide bonds. The third-order valence-corrected chi connectivity index (χ3v) is 3.59. The van der Waals surface area contributed by atoms with Crippen molar-refractivity contribution in [3.05, 3.63) is 29.3 Å². The molecule has 1 saturated heterocycles. The molecule has 2 rings (SSSR count). The van der Waals surface area contributed by atoms with E-state index in [0.29, 0.717) is 11.5 Å². The summed E-state index contributed by atoms with van der Waals surface area (Å²) in [6.07, 6.45) is 2.34. The lowest BCUT2D eigenvalue weighted by atomic mass is 10.1. The Labute approximate surface area is 102 Å². The topological polar surface area (TPSA) is 40.5 Å². The lowest BCUT2D eigenvalue weighted by Gasteiger charge is -2.21. The first-order valence-electron chi connectivity index (χ1n) is 6.20. The predicted molar refractivity (Wildman–Crippen MR) is 68.7 cm³/mol. The van der Waals surface area contributed by atoms with E-state index in [-0.39, 0.29) is 0 Å². The van der Waals surface area contributed by atoms with Crippen LogP contribution in [0, 0.1) is 12.8 Å². The minimum absolute atomic E-state index is 0.432. The number of nitrogens with zero attached hydrogens (tertiary/aromatic N) is 1. The first-order chi connectivity index (χ1) is 8.11. The van der Waals surface area contributed by atoms with Crippen molar-refractivity contribution in [2.45, 2.75) is 26.7 Å². The number of rotatable bonds is 3. The summed E-state index contributed by atoms with van der Waals surface area (Å²) in [5.41, 5.74) is 2.30. The monoisotopic (exact) mass is 233 g/mol. The van der Waals surface area contributed by atoms with Crippen molar-refractivity contribution in [3.8, 4) is 0 Å². The highest BCUT2D eigenvalue weighted by Crippen LogP contribution is 2.29. The molecule has 0 aromatic heterocycles. The molecule has 0 spiro atoms. The Kier molecular flexibility index (Phi) is 3.36. The van der Waals surface area contributed by atoms with Crippen LogP contribution >= 0.6 is 0 Å². The zero-order valence-electron chi connectivity index (χ0n) is 10.4. The van der Waals surface area contributed by atoms with Crippen LogP contribution in [0.4, 0.5) is 5.69 Å². The molecule has 3 nitrogen and oxygen atoms in total. The van der Waals surface area contributed by atoms with E-state index in [4.69, 9.17) is 0 Å². The molecule has 1 aliphatic heterocycles. The van der Waals surface area contributed by atoms with E-state index < -0.39 is 5.97 Å². The van der Waals surface area contributed by atoms with E-state index >= 15 is 0 Å². The van der Waals surface area contributed by atoms with Crippen LogP contribution < -0.4 is 4.90 Å². The van der Waals surface area contributed by atoms with Gasteiger partial charge in [0, 0.05) is 13.1 Å². The van der Waals surface area contributed by atoms with Gasteiger partial charge in [-0.3, -0.25) is 0 Å². The molecule has 17 heavy (non-hydrogen) atoms. The van der Waals surface area contributed by atoms with Gasteiger partial charge in [-0.25, -0.2) is 4.79 Å². The standard InChI is InChI=1S/C14H19NO2/c1-3-11-6-7-15(9-11)13-5-4-10(2)8-12(13)14(16)17/h4-5,8,11H,3,6-7,9H2,1-2H3,(H,16,17). The summed E-state index contributed by atoms with van der Waals surface area (Å²) >= 11 is 0. The van der Waals surface area contributed by atoms with Crippen LogP contribution in [-0.4, -0.2) is 24.2 Å². The zero-order valence-corrected chi connectivity index (χ0v) is 10.4. The van der Waals surface area contributed by atoms with Gasteiger partial charge >= 0.3 is 5.97 Å². The number of carboxylic acids is 1. The number of aromatic carboxylic acids is 1. The summed E-state index contributed by atoms with van der Waals surface area (Å²) in [6, 6.07) is 5.69. The van der Waals surface area contributed by atoms with Crippen molar-refractivity contribution in [1.82, 2.24) is 0 Å². The van der Waals surface area contributed by atoms with Crippen LogP contribution in [0.5, 0.6) is 0 Å². The number of aryl methyl sites for hydroxylation is 1. The van der Waals surface area contributed by atoms with E-state index in [1.807, 2.05) is 19.1 Å². The van der Waals surface area contributed by atoms with Crippen LogP contribution in [0.3, 0.4) is 0 Å². The minimum atomic E-state index is -0.830. The van der Waals surface area contributed by atoms with Gasteiger partial charge in [-0.05, 0) is 31.4 Å². The summed E-state index contributed by atoms with van der Waals surface area (Å²) in [4.78, 5) is 13.5. The van der Waals surface area contributed by atoms with Gasteiger partial charge in [0.1, 0.15) is 0 Å². The van der Waals surface area contributed by atoms with Gasteiger partial charge in [0.15, 0.2) is 0 Å². The maximum atomic E-state index is 11.3. The summed E-state index contributed by atoms with van der Waals surface area (Å²) < 4.78 is 0. The van der Waals surface area contributed by atoms with E-state index in [2.05, 4.69) is 11.8 Å². The van der Waals surface area contributed by atoms with Crippen molar-refractivity contribution in [3.63, 3.8) is 0 Å². The largest absolute Gasteiger partial charge is 0.478 e. The second-order valence-electron chi connectivity index (χ2n) is 4.83. The molecule has 1 aromatic carbocycles. The number of hydrogen-bond acceptors (Lipinski definition) is 2. The third kappa shape index (κ3) is 2.43. The summed E-state index contributed by atoms with van der Waals surface area (Å²) in [5, 5.41) is 9.25. The normalized spacial score (nSPS) is 19.6. The Morgan fingerprint density at radius 3 is 2.88 bits per heavy atom. The zero-order chi connectivity index (χ0) is 12.4. The quantitative estimate of drug-likeness (QED) is 0.872. The van der Waals surface area contributed by atoms with Crippen LogP contribution in [0.15, 0.2) is 18.2 Å². The van der Waals surface area contributed by atoms with Gasteiger partial charge in [0.25, 0.3) is 0 Å². The van der Waals surface area contributed by atoms with Crippen LogP contribution in [0.25, 0.3) is 0 Å². The average molecular weight is 233 g/mol. The molecule has 0 bridgehead atoms. The maximum absolute atomic E-state index is 11.3. The molecule has 1 unspecified atom stereocenters. The van der Waals surface area contributed by atoms with Gasteiger partial charge in [0.05, 0.1) is 11.3 Å². The summed E-state index contributed by atoms with van der Waals surface area (Å²) in [6.45, 7) is 6.08. The fourth-order valence-corrected chi connectivity index (χ4v) is 2.48. The number of hydrogen-bond donors (Lipinski definition) is 1. The van der Waals surface area contributed by atoms with Crippen LogP contribution in [-0.2, 0) is 0 Å². The highest BCUT2D eigenvalue weighted by atomic mass is 16.4. The number of carboxylic acid groups (broad SMARTS) is 1. The van der Waals surface area contributed by atoms with E-state index in [1.165, 1.54) is 12.8 Å². The van der Waals surface area contributed by atoms with Gasteiger partial charge in [0.2, 0.25) is 0 Å². The molecule has 92 valence electrons. The van der Waals surface area contributed by atoms with Crippen molar-refractivity contribution in [1.29, 1.82) is 0 Å². The SMILES string of the molecule is CCC1CCN(c2ccc(C)cc2C(=O)O)C1. The molecular formula is C14H19NO2. The van der Waals surface area contributed by atoms with Crippen LogP contribution in [0.2, 0.25) is 0 Å². The Bertz CT molecular complexity index is 428. The first-order valence-corrected chi connectivity index (χ1v) is 6.20. The number of anilines is 1. The Hall–Kier alpha value is -1.51.